The minimum Gasteiger partial charge on any atom is -0.369 e. The lowest BCUT2D eigenvalue weighted by Gasteiger charge is -2.10. The molecule has 3 aromatic rings. The number of aromatic nitrogens is 4. The average molecular weight is 354 g/mol. The molecule has 1 fully saturated rings. The normalized spacial score (nSPS) is 15.2. The number of halogens is 4. The van der Waals surface area contributed by atoms with Gasteiger partial charge in [-0.15, -0.1) is 0 Å². The van der Waals surface area contributed by atoms with Crippen LogP contribution in [0.2, 0.25) is 5.02 Å². The predicted octanol–water partition coefficient (Wildman–Crippen LogP) is 3.95. The number of hydrogen-bond donors (Lipinski definition) is 1. The molecule has 0 bridgehead atoms. The van der Waals surface area contributed by atoms with Crippen LogP contribution in [0.15, 0.2) is 24.3 Å². The molecule has 0 saturated heterocycles. The number of alkyl halides is 3. The molecule has 1 aromatic carbocycles. The number of rotatable bonds is 2. The minimum atomic E-state index is -4.64. The van der Waals surface area contributed by atoms with Gasteiger partial charge in [0.05, 0.1) is 11.4 Å². The third-order valence-corrected chi connectivity index (χ3v) is 4.11. The van der Waals surface area contributed by atoms with Gasteiger partial charge < -0.3 is 5.73 Å². The van der Waals surface area contributed by atoms with Crippen LogP contribution in [0.4, 0.5) is 19.1 Å². The number of fused-ring (bicyclic) bond motifs is 1. The zero-order valence-electron chi connectivity index (χ0n) is 12.2. The van der Waals surface area contributed by atoms with Gasteiger partial charge in [-0.1, -0.05) is 11.6 Å². The quantitative estimate of drug-likeness (QED) is 0.757. The highest BCUT2D eigenvalue weighted by molar-refractivity contribution is 6.30. The van der Waals surface area contributed by atoms with E-state index in [4.69, 9.17) is 17.3 Å². The maximum absolute atomic E-state index is 13.2. The van der Waals surface area contributed by atoms with Crippen LogP contribution in [0.25, 0.3) is 16.9 Å². The molecule has 2 heterocycles. The number of benzene rings is 1. The van der Waals surface area contributed by atoms with Crippen molar-refractivity contribution in [1.29, 1.82) is 0 Å². The molecule has 2 aromatic heterocycles. The molecule has 1 aliphatic carbocycles. The highest BCUT2D eigenvalue weighted by Gasteiger charge is 2.39. The molecule has 5 nitrogen and oxygen atoms in total. The van der Waals surface area contributed by atoms with Gasteiger partial charge in [-0.3, -0.25) is 4.57 Å². The van der Waals surface area contributed by atoms with Crippen LogP contribution in [-0.4, -0.2) is 19.5 Å². The highest BCUT2D eigenvalue weighted by Crippen LogP contribution is 2.43. The van der Waals surface area contributed by atoms with Crippen molar-refractivity contribution in [2.24, 2.45) is 0 Å². The van der Waals surface area contributed by atoms with Crippen molar-refractivity contribution in [2.75, 3.05) is 5.73 Å². The molecular weight excluding hydrogens is 343 g/mol. The molecule has 0 amide bonds. The Hall–Kier alpha value is -2.35. The minimum absolute atomic E-state index is 0.0235. The first-order chi connectivity index (χ1) is 11.3. The van der Waals surface area contributed by atoms with Crippen molar-refractivity contribution in [3.63, 3.8) is 0 Å². The number of nitrogens with zero attached hydrogens (tertiary/aromatic N) is 4. The summed E-state index contributed by atoms with van der Waals surface area (Å²) in [7, 11) is 0. The number of imidazole rings is 1. The molecule has 0 spiro atoms. The fourth-order valence-electron chi connectivity index (χ4n) is 2.61. The Morgan fingerprint density at radius 3 is 2.33 bits per heavy atom. The monoisotopic (exact) mass is 353 g/mol. The van der Waals surface area contributed by atoms with E-state index in [9.17, 15) is 13.2 Å². The summed E-state index contributed by atoms with van der Waals surface area (Å²) in [6.07, 6.45) is -3.06. The molecule has 124 valence electrons. The summed E-state index contributed by atoms with van der Waals surface area (Å²) >= 11 is 5.86. The van der Waals surface area contributed by atoms with Gasteiger partial charge in [0.25, 0.3) is 0 Å². The van der Waals surface area contributed by atoms with Gasteiger partial charge in [0.2, 0.25) is 11.8 Å². The van der Waals surface area contributed by atoms with E-state index in [2.05, 4.69) is 15.0 Å². The zero-order chi connectivity index (χ0) is 17.1. The van der Waals surface area contributed by atoms with Crippen LogP contribution < -0.4 is 5.73 Å². The first-order valence-electron chi connectivity index (χ1n) is 7.23. The van der Waals surface area contributed by atoms with Crippen molar-refractivity contribution in [3.05, 3.63) is 40.8 Å². The summed E-state index contributed by atoms with van der Waals surface area (Å²) in [6.45, 7) is 0. The van der Waals surface area contributed by atoms with E-state index in [1.165, 1.54) is 4.57 Å². The molecule has 4 rings (SSSR count). The van der Waals surface area contributed by atoms with Crippen molar-refractivity contribution in [2.45, 2.75) is 24.9 Å². The van der Waals surface area contributed by atoms with E-state index in [0.717, 1.165) is 12.8 Å². The van der Waals surface area contributed by atoms with E-state index in [0.29, 0.717) is 21.9 Å². The lowest BCUT2D eigenvalue weighted by Crippen LogP contribution is -2.13. The molecule has 0 atom stereocenters. The van der Waals surface area contributed by atoms with Crippen LogP contribution >= 0.6 is 11.6 Å². The third kappa shape index (κ3) is 2.47. The lowest BCUT2D eigenvalue weighted by molar-refractivity contribution is -0.144. The standard InChI is InChI=1S/C15H11ClF3N5/c16-8-3-5-9(6-4-8)24-12-11(22-14(24)20)10(7-1-2-7)21-13(23-12)15(17,18)19/h3-7H,1-2H2,(H2,20,22). The highest BCUT2D eigenvalue weighted by atomic mass is 35.5. The third-order valence-electron chi connectivity index (χ3n) is 3.86. The van der Waals surface area contributed by atoms with Crippen molar-refractivity contribution in [3.8, 4) is 5.69 Å². The largest absolute Gasteiger partial charge is 0.451 e. The molecule has 1 saturated carbocycles. The number of hydrogen-bond acceptors (Lipinski definition) is 4. The fraction of sp³-hybridized carbons (Fsp3) is 0.267. The lowest BCUT2D eigenvalue weighted by atomic mass is 10.2. The Morgan fingerprint density at radius 2 is 1.75 bits per heavy atom. The average Bonchev–Trinajstić information content (AvgIpc) is 3.29. The smallest absolute Gasteiger partial charge is 0.369 e. The number of nitrogens with two attached hydrogens (primary N) is 1. The first-order valence-corrected chi connectivity index (χ1v) is 7.61. The Kier molecular flexibility index (Phi) is 3.21. The van der Waals surface area contributed by atoms with Crippen molar-refractivity contribution >= 4 is 28.7 Å². The Bertz CT molecular complexity index is 929. The van der Waals surface area contributed by atoms with E-state index in [1.54, 1.807) is 24.3 Å². The molecule has 1 aliphatic rings. The number of anilines is 1. The van der Waals surface area contributed by atoms with Gasteiger partial charge in [-0.2, -0.15) is 13.2 Å². The maximum Gasteiger partial charge on any atom is 0.451 e. The van der Waals surface area contributed by atoms with Gasteiger partial charge in [0, 0.05) is 10.9 Å². The molecule has 0 unspecified atom stereocenters. The second-order valence-electron chi connectivity index (χ2n) is 5.66. The molecule has 0 radical (unpaired) electrons. The van der Waals surface area contributed by atoms with Crippen LogP contribution in [0.1, 0.15) is 30.3 Å². The van der Waals surface area contributed by atoms with Gasteiger partial charge in [0.15, 0.2) is 5.65 Å². The SMILES string of the molecule is Nc1nc2c(C3CC3)nc(C(F)(F)F)nc2n1-c1ccc(Cl)cc1. The van der Waals surface area contributed by atoms with Crippen molar-refractivity contribution in [1.82, 2.24) is 19.5 Å². The summed E-state index contributed by atoms with van der Waals surface area (Å²) in [6, 6.07) is 6.53. The van der Waals surface area contributed by atoms with E-state index >= 15 is 0 Å². The number of nitrogen functional groups attached to an aromatic ring is 1. The zero-order valence-corrected chi connectivity index (χ0v) is 12.9. The Labute approximate surface area is 139 Å². The van der Waals surface area contributed by atoms with E-state index < -0.39 is 12.0 Å². The van der Waals surface area contributed by atoms with Gasteiger partial charge in [-0.25, -0.2) is 15.0 Å². The Balaban J connectivity index is 2.02. The summed E-state index contributed by atoms with van der Waals surface area (Å²) in [5.74, 6) is -1.14. The van der Waals surface area contributed by atoms with Crippen LogP contribution in [0.3, 0.4) is 0 Å². The first kappa shape index (κ1) is 15.2. The Morgan fingerprint density at radius 1 is 1.08 bits per heavy atom. The van der Waals surface area contributed by atoms with E-state index in [-0.39, 0.29) is 17.5 Å². The van der Waals surface area contributed by atoms with Gasteiger partial charge >= 0.3 is 6.18 Å². The van der Waals surface area contributed by atoms with Crippen LogP contribution in [0.5, 0.6) is 0 Å². The van der Waals surface area contributed by atoms with E-state index in [1.807, 2.05) is 0 Å². The predicted molar refractivity (Wildman–Crippen MR) is 83.1 cm³/mol. The summed E-state index contributed by atoms with van der Waals surface area (Å²) in [5.41, 5.74) is 7.16. The molecule has 9 heteroatoms. The van der Waals surface area contributed by atoms with Crippen molar-refractivity contribution < 1.29 is 13.2 Å². The second-order valence-corrected chi connectivity index (χ2v) is 6.09. The fourth-order valence-corrected chi connectivity index (χ4v) is 2.73. The summed E-state index contributed by atoms with van der Waals surface area (Å²) in [4.78, 5) is 11.6. The van der Waals surface area contributed by atoms with Gasteiger partial charge in [0.1, 0.15) is 5.52 Å². The van der Waals surface area contributed by atoms with Crippen LogP contribution in [0, 0.1) is 0 Å². The molecular formula is C15H11ClF3N5. The molecule has 24 heavy (non-hydrogen) atoms. The second kappa shape index (κ2) is 5.07. The topological polar surface area (TPSA) is 69.6 Å². The summed E-state index contributed by atoms with van der Waals surface area (Å²) < 4.78 is 40.9. The molecule has 0 aliphatic heterocycles. The molecule has 2 N–H and O–H groups in total. The van der Waals surface area contributed by atoms with Gasteiger partial charge in [-0.05, 0) is 37.1 Å². The summed E-state index contributed by atoms with van der Waals surface area (Å²) in [5, 5.41) is 0.506. The van der Waals surface area contributed by atoms with Crippen LogP contribution in [-0.2, 0) is 6.18 Å². The maximum atomic E-state index is 13.2.